The standard InChI is InChI=1S/C49H34N2S/c1-3-14-44-37(4-2)43-31-36(51-45-24-8-5-19-39(45)40-20-6-9-25-46(40)51)27-28-47(43)50(44)35-18-12-16-33(30-35)32-15-11-17-34(29-32)38-22-13-23-42-41-21-7-10-26-48(41)52-49(38)42/h3-31H,2H2,1H3/b14-3-. The normalized spacial score (nSPS) is 11.9. The topological polar surface area (TPSA) is 9.86 Å². The molecule has 7 aromatic carbocycles. The van der Waals surface area contributed by atoms with Crippen LogP contribution < -0.4 is 0 Å². The summed E-state index contributed by atoms with van der Waals surface area (Å²) in [6, 6.07) is 57.5. The van der Waals surface area contributed by atoms with Crippen LogP contribution in [0.4, 0.5) is 0 Å². The van der Waals surface area contributed by atoms with E-state index in [0.717, 1.165) is 28.1 Å². The van der Waals surface area contributed by atoms with Crippen molar-refractivity contribution in [3.63, 3.8) is 0 Å². The largest absolute Gasteiger partial charge is 0.309 e. The molecule has 3 heteroatoms. The first-order valence-electron chi connectivity index (χ1n) is 17.8. The summed E-state index contributed by atoms with van der Waals surface area (Å²) in [7, 11) is 0. The number of fused-ring (bicyclic) bond motifs is 7. The second-order valence-electron chi connectivity index (χ2n) is 13.3. The van der Waals surface area contributed by atoms with Gasteiger partial charge in [-0.1, -0.05) is 122 Å². The lowest BCUT2D eigenvalue weighted by Crippen LogP contribution is -1.98. The van der Waals surface area contributed by atoms with Crippen molar-refractivity contribution in [1.29, 1.82) is 0 Å². The van der Waals surface area contributed by atoms with Gasteiger partial charge in [0.05, 0.1) is 22.2 Å². The first-order chi connectivity index (χ1) is 25.7. The molecule has 0 unspecified atom stereocenters. The molecule has 0 aliphatic carbocycles. The van der Waals surface area contributed by atoms with Gasteiger partial charge in [0.1, 0.15) is 0 Å². The molecule has 0 aliphatic rings. The molecule has 0 saturated heterocycles. The van der Waals surface area contributed by atoms with Gasteiger partial charge in [-0.25, -0.2) is 0 Å². The molecule has 2 nitrogen and oxygen atoms in total. The smallest absolute Gasteiger partial charge is 0.0542 e. The van der Waals surface area contributed by atoms with E-state index in [2.05, 4.69) is 193 Å². The van der Waals surface area contributed by atoms with Crippen molar-refractivity contribution in [3.8, 4) is 33.6 Å². The van der Waals surface area contributed by atoms with Crippen LogP contribution in [-0.2, 0) is 0 Å². The highest BCUT2D eigenvalue weighted by Gasteiger charge is 2.19. The molecule has 0 saturated carbocycles. The Labute approximate surface area is 306 Å². The molecule has 0 spiro atoms. The van der Waals surface area contributed by atoms with Gasteiger partial charge in [0.25, 0.3) is 0 Å². The van der Waals surface area contributed by atoms with E-state index in [-0.39, 0.29) is 0 Å². The molecule has 0 N–H and O–H groups in total. The summed E-state index contributed by atoms with van der Waals surface area (Å²) < 4.78 is 7.43. The average molecular weight is 683 g/mol. The summed E-state index contributed by atoms with van der Waals surface area (Å²) in [6.45, 7) is 6.39. The average Bonchev–Trinajstić information content (AvgIpc) is 3.85. The lowest BCUT2D eigenvalue weighted by molar-refractivity contribution is 1.10. The lowest BCUT2D eigenvalue weighted by Gasteiger charge is -2.13. The number of hydrogen-bond acceptors (Lipinski definition) is 1. The molecule has 10 aromatic rings. The van der Waals surface area contributed by atoms with Gasteiger partial charge in [-0.2, -0.15) is 0 Å². The molecule has 0 aliphatic heterocycles. The Morgan fingerprint density at radius 3 is 1.88 bits per heavy atom. The highest BCUT2D eigenvalue weighted by Crippen LogP contribution is 2.41. The Balaban J connectivity index is 1.12. The zero-order chi connectivity index (χ0) is 34.8. The Kier molecular flexibility index (Phi) is 7.09. The zero-order valence-electron chi connectivity index (χ0n) is 28.8. The number of rotatable bonds is 6. The quantitative estimate of drug-likeness (QED) is 0.165. The minimum absolute atomic E-state index is 1.12. The fraction of sp³-hybridized carbons (Fsp3) is 0.0204. The van der Waals surface area contributed by atoms with Gasteiger partial charge in [0, 0.05) is 53.3 Å². The van der Waals surface area contributed by atoms with Crippen molar-refractivity contribution in [1.82, 2.24) is 9.13 Å². The number of para-hydroxylation sites is 2. The predicted molar refractivity (Wildman–Crippen MR) is 226 cm³/mol. The SMILES string of the molecule is C=Cc1c(/C=C\C)n(-c2cccc(-c3cccc(-c4cccc5c4sc4ccccc45)c3)c2)c2ccc(-n3c4ccccc4c4ccccc43)cc12. The third-order valence-corrected chi connectivity index (χ3v) is 11.6. The van der Waals surface area contributed by atoms with E-state index in [1.165, 1.54) is 69.6 Å². The van der Waals surface area contributed by atoms with Gasteiger partial charge in [-0.3, -0.25) is 0 Å². The van der Waals surface area contributed by atoms with Gasteiger partial charge in [-0.05, 0) is 89.9 Å². The second kappa shape index (κ2) is 12.1. The van der Waals surface area contributed by atoms with Gasteiger partial charge in [0.2, 0.25) is 0 Å². The van der Waals surface area contributed by atoms with E-state index >= 15 is 0 Å². The third-order valence-electron chi connectivity index (χ3n) is 10.4. The van der Waals surface area contributed by atoms with Crippen molar-refractivity contribution in [2.45, 2.75) is 6.92 Å². The Bertz CT molecular complexity index is 3000. The maximum absolute atomic E-state index is 4.31. The highest BCUT2D eigenvalue weighted by molar-refractivity contribution is 7.26. The van der Waals surface area contributed by atoms with Gasteiger partial charge < -0.3 is 9.13 Å². The Hall–Kier alpha value is -6.42. The maximum atomic E-state index is 4.31. The van der Waals surface area contributed by atoms with Crippen molar-refractivity contribution < 1.29 is 0 Å². The molecule has 246 valence electrons. The van der Waals surface area contributed by atoms with Crippen molar-refractivity contribution in [2.75, 3.05) is 0 Å². The summed E-state index contributed by atoms with van der Waals surface area (Å²) in [6.07, 6.45) is 6.33. The first-order valence-corrected chi connectivity index (χ1v) is 18.6. The van der Waals surface area contributed by atoms with Crippen LogP contribution in [0.2, 0.25) is 0 Å². The summed E-state index contributed by atoms with van der Waals surface area (Å²) in [4.78, 5) is 0. The number of thiophene rings is 1. The fourth-order valence-corrected chi connectivity index (χ4v) is 9.38. The van der Waals surface area contributed by atoms with Gasteiger partial charge in [0.15, 0.2) is 0 Å². The van der Waals surface area contributed by atoms with E-state index in [1.807, 2.05) is 17.4 Å². The maximum Gasteiger partial charge on any atom is 0.0542 e. The second-order valence-corrected chi connectivity index (χ2v) is 14.4. The minimum atomic E-state index is 1.12. The van der Waals surface area contributed by atoms with Crippen molar-refractivity contribution >= 4 is 76.4 Å². The van der Waals surface area contributed by atoms with E-state index < -0.39 is 0 Å². The molecule has 3 aromatic heterocycles. The molecule has 3 heterocycles. The number of nitrogens with zero attached hydrogens (tertiary/aromatic N) is 2. The molecule has 0 fully saturated rings. The summed E-state index contributed by atoms with van der Waals surface area (Å²) in [5, 5.41) is 6.34. The van der Waals surface area contributed by atoms with Crippen LogP contribution >= 0.6 is 11.3 Å². The monoisotopic (exact) mass is 682 g/mol. The predicted octanol–water partition coefficient (Wildman–Crippen LogP) is 14.1. The molecule has 0 radical (unpaired) electrons. The number of hydrogen-bond donors (Lipinski definition) is 0. The van der Waals surface area contributed by atoms with Crippen molar-refractivity contribution in [2.24, 2.45) is 0 Å². The fourth-order valence-electron chi connectivity index (χ4n) is 8.14. The molecule has 52 heavy (non-hydrogen) atoms. The van der Waals surface area contributed by atoms with Crippen LogP contribution in [0, 0.1) is 0 Å². The van der Waals surface area contributed by atoms with Crippen LogP contribution in [0.25, 0.3) is 98.7 Å². The molecular formula is C49H34N2S. The summed E-state index contributed by atoms with van der Waals surface area (Å²) in [5.74, 6) is 0. The van der Waals surface area contributed by atoms with Crippen LogP contribution in [0.1, 0.15) is 18.2 Å². The van der Waals surface area contributed by atoms with Crippen LogP contribution in [-0.4, -0.2) is 9.13 Å². The van der Waals surface area contributed by atoms with E-state index in [0.29, 0.717) is 0 Å². The van der Waals surface area contributed by atoms with Crippen LogP contribution in [0.5, 0.6) is 0 Å². The van der Waals surface area contributed by atoms with E-state index in [9.17, 15) is 0 Å². The van der Waals surface area contributed by atoms with E-state index in [4.69, 9.17) is 0 Å². The van der Waals surface area contributed by atoms with Crippen LogP contribution in [0.3, 0.4) is 0 Å². The number of allylic oxidation sites excluding steroid dienone is 1. The third kappa shape index (κ3) is 4.63. The minimum Gasteiger partial charge on any atom is -0.309 e. The van der Waals surface area contributed by atoms with Crippen LogP contribution in [0.15, 0.2) is 170 Å². The highest BCUT2D eigenvalue weighted by atomic mass is 32.1. The molecular weight excluding hydrogens is 649 g/mol. The van der Waals surface area contributed by atoms with E-state index in [1.54, 1.807) is 0 Å². The molecule has 0 amide bonds. The molecule has 0 atom stereocenters. The lowest BCUT2D eigenvalue weighted by atomic mass is 9.97. The van der Waals surface area contributed by atoms with Crippen molar-refractivity contribution in [3.05, 3.63) is 182 Å². The Morgan fingerprint density at radius 2 is 1.12 bits per heavy atom. The molecule has 10 rings (SSSR count). The summed E-state index contributed by atoms with van der Waals surface area (Å²) in [5.41, 5.74) is 12.9. The summed E-state index contributed by atoms with van der Waals surface area (Å²) >= 11 is 1.88. The first kappa shape index (κ1) is 30.4. The zero-order valence-corrected chi connectivity index (χ0v) is 29.6. The van der Waals surface area contributed by atoms with Gasteiger partial charge in [-0.15, -0.1) is 11.3 Å². The number of aromatic nitrogens is 2. The Morgan fingerprint density at radius 1 is 0.500 bits per heavy atom. The molecule has 0 bridgehead atoms. The van der Waals surface area contributed by atoms with Gasteiger partial charge >= 0.3 is 0 Å². The number of benzene rings is 7.